The number of alkyl carbamates (subject to hydrolysis) is 1. The summed E-state index contributed by atoms with van der Waals surface area (Å²) in [5.74, 6) is -1.37. The number of unbranched alkanes of at least 4 members (excludes halogenated alkanes) is 1. The summed E-state index contributed by atoms with van der Waals surface area (Å²) in [6.07, 6.45) is 1.01. The van der Waals surface area contributed by atoms with Crippen molar-refractivity contribution in [2.45, 2.75) is 72.4 Å². The largest absolute Gasteiger partial charge is 0.480 e. The maximum absolute atomic E-state index is 12.0. The highest BCUT2D eigenvalue weighted by Crippen LogP contribution is 2.11. The van der Waals surface area contributed by atoms with Crippen molar-refractivity contribution >= 4 is 18.0 Å². The van der Waals surface area contributed by atoms with Gasteiger partial charge >= 0.3 is 12.1 Å². The van der Waals surface area contributed by atoms with E-state index >= 15 is 0 Å². The Bertz CT molecular complexity index is 429. The Morgan fingerprint density at radius 2 is 1.67 bits per heavy atom. The summed E-state index contributed by atoms with van der Waals surface area (Å²) < 4.78 is 5.10. The van der Waals surface area contributed by atoms with Gasteiger partial charge in [-0.25, -0.2) is 9.59 Å². The van der Waals surface area contributed by atoms with Crippen molar-refractivity contribution < 1.29 is 24.2 Å². The van der Waals surface area contributed by atoms with E-state index in [0.717, 1.165) is 0 Å². The molecule has 0 aromatic rings. The van der Waals surface area contributed by atoms with Crippen LogP contribution in [0.5, 0.6) is 0 Å². The summed E-state index contributed by atoms with van der Waals surface area (Å²) in [5.41, 5.74) is -0.546. The molecular weight excluding hydrogens is 312 g/mol. The first kappa shape index (κ1) is 22.2. The molecule has 0 saturated carbocycles. The number of carboxylic acids is 1. The van der Waals surface area contributed by atoms with E-state index in [9.17, 15) is 19.5 Å². The van der Waals surface area contributed by atoms with Crippen molar-refractivity contribution in [3.05, 3.63) is 0 Å². The van der Waals surface area contributed by atoms with Crippen LogP contribution < -0.4 is 10.6 Å². The molecule has 0 aliphatic carbocycles. The molecule has 7 heteroatoms. The standard InChI is InChI=1S/C17H32N2O5/c1-11(2)12(3)14(20)19-13(15(21)22)9-7-8-10-18-16(23)24-17(4,5)6/h11-13H,7-10H2,1-6H3,(H,18,23)(H,19,20)(H,21,22)/t12-,13-/m0/s1. The molecule has 0 spiro atoms. The molecule has 0 bridgehead atoms. The van der Waals surface area contributed by atoms with Crippen LogP contribution in [0.15, 0.2) is 0 Å². The Hall–Kier alpha value is -1.79. The average molecular weight is 344 g/mol. The molecule has 0 saturated heterocycles. The lowest BCUT2D eigenvalue weighted by atomic mass is 9.96. The average Bonchev–Trinajstić information content (AvgIpc) is 2.42. The monoisotopic (exact) mass is 344 g/mol. The second kappa shape index (κ2) is 10.2. The van der Waals surface area contributed by atoms with E-state index in [4.69, 9.17) is 4.74 Å². The van der Waals surface area contributed by atoms with E-state index in [1.165, 1.54) is 0 Å². The van der Waals surface area contributed by atoms with Crippen LogP contribution in [-0.2, 0) is 14.3 Å². The zero-order chi connectivity index (χ0) is 18.9. The van der Waals surface area contributed by atoms with Crippen LogP contribution in [0.1, 0.15) is 60.8 Å². The minimum absolute atomic E-state index is 0.150. The molecule has 0 aliphatic rings. The highest BCUT2D eigenvalue weighted by molar-refractivity contribution is 5.84. The topological polar surface area (TPSA) is 105 Å². The van der Waals surface area contributed by atoms with E-state index in [1.54, 1.807) is 27.7 Å². The molecule has 2 amide bonds. The van der Waals surface area contributed by atoms with Gasteiger partial charge in [0.25, 0.3) is 0 Å². The Morgan fingerprint density at radius 3 is 2.12 bits per heavy atom. The zero-order valence-electron chi connectivity index (χ0n) is 15.6. The maximum Gasteiger partial charge on any atom is 0.407 e. The number of nitrogens with one attached hydrogen (secondary N) is 2. The quantitative estimate of drug-likeness (QED) is 0.558. The van der Waals surface area contributed by atoms with Gasteiger partial charge in [0.1, 0.15) is 11.6 Å². The number of carbonyl (C=O) groups is 3. The van der Waals surface area contributed by atoms with E-state index < -0.39 is 23.7 Å². The number of carbonyl (C=O) groups excluding carboxylic acids is 2. The molecule has 140 valence electrons. The van der Waals surface area contributed by atoms with Gasteiger partial charge in [-0.2, -0.15) is 0 Å². The van der Waals surface area contributed by atoms with Crippen LogP contribution in [0.3, 0.4) is 0 Å². The van der Waals surface area contributed by atoms with Crippen molar-refractivity contribution in [3.8, 4) is 0 Å². The highest BCUT2D eigenvalue weighted by Gasteiger charge is 2.24. The predicted octanol–water partition coefficient (Wildman–Crippen LogP) is 2.54. The van der Waals surface area contributed by atoms with Gasteiger partial charge in [-0.3, -0.25) is 4.79 Å². The third-order valence-corrected chi connectivity index (χ3v) is 3.62. The van der Waals surface area contributed by atoms with Crippen LogP contribution in [0.4, 0.5) is 4.79 Å². The third kappa shape index (κ3) is 10.1. The van der Waals surface area contributed by atoms with Gasteiger partial charge in [-0.15, -0.1) is 0 Å². The first-order valence-electron chi connectivity index (χ1n) is 8.44. The maximum atomic E-state index is 12.0. The molecule has 24 heavy (non-hydrogen) atoms. The predicted molar refractivity (Wildman–Crippen MR) is 91.7 cm³/mol. The molecule has 0 heterocycles. The van der Waals surface area contributed by atoms with Crippen molar-refractivity contribution in [3.63, 3.8) is 0 Å². The molecule has 0 aromatic carbocycles. The van der Waals surface area contributed by atoms with E-state index in [1.807, 2.05) is 13.8 Å². The van der Waals surface area contributed by atoms with Gasteiger partial charge in [0, 0.05) is 12.5 Å². The number of aliphatic carboxylic acids is 1. The van der Waals surface area contributed by atoms with E-state index in [-0.39, 0.29) is 17.7 Å². The van der Waals surface area contributed by atoms with Gasteiger partial charge in [-0.1, -0.05) is 20.8 Å². The third-order valence-electron chi connectivity index (χ3n) is 3.62. The first-order valence-corrected chi connectivity index (χ1v) is 8.44. The highest BCUT2D eigenvalue weighted by atomic mass is 16.6. The smallest absolute Gasteiger partial charge is 0.407 e. The summed E-state index contributed by atoms with van der Waals surface area (Å²) in [4.78, 5) is 34.7. The molecule has 0 unspecified atom stereocenters. The minimum atomic E-state index is -1.04. The number of rotatable bonds is 9. The normalized spacial score (nSPS) is 14.0. The van der Waals surface area contributed by atoms with Gasteiger partial charge in [-0.05, 0) is 46.0 Å². The summed E-state index contributed by atoms with van der Waals surface area (Å²) >= 11 is 0. The van der Waals surface area contributed by atoms with Crippen LogP contribution in [0, 0.1) is 11.8 Å². The van der Waals surface area contributed by atoms with Crippen molar-refractivity contribution in [2.75, 3.05) is 6.54 Å². The molecule has 2 atom stereocenters. The number of hydrogen-bond acceptors (Lipinski definition) is 4. The molecular formula is C17H32N2O5. The molecule has 3 N–H and O–H groups in total. The van der Waals surface area contributed by atoms with Gasteiger partial charge < -0.3 is 20.5 Å². The minimum Gasteiger partial charge on any atom is -0.480 e. The molecule has 0 aliphatic heterocycles. The van der Waals surface area contributed by atoms with Crippen molar-refractivity contribution in [1.82, 2.24) is 10.6 Å². The Morgan fingerprint density at radius 1 is 1.08 bits per heavy atom. The van der Waals surface area contributed by atoms with Gasteiger partial charge in [0.05, 0.1) is 0 Å². The fourth-order valence-corrected chi connectivity index (χ4v) is 1.84. The molecule has 7 nitrogen and oxygen atoms in total. The lowest BCUT2D eigenvalue weighted by Gasteiger charge is -2.20. The Balaban J connectivity index is 4.13. The summed E-state index contributed by atoms with van der Waals surface area (Å²) in [5, 5.41) is 14.4. The number of amides is 2. The van der Waals surface area contributed by atoms with Gasteiger partial charge in [0.2, 0.25) is 5.91 Å². The Kier molecular flexibility index (Phi) is 9.40. The van der Waals surface area contributed by atoms with E-state index in [2.05, 4.69) is 10.6 Å². The lowest BCUT2D eigenvalue weighted by Crippen LogP contribution is -2.44. The number of ether oxygens (including phenoxy) is 1. The molecule has 0 fully saturated rings. The van der Waals surface area contributed by atoms with Crippen molar-refractivity contribution in [1.29, 1.82) is 0 Å². The van der Waals surface area contributed by atoms with Crippen LogP contribution in [-0.4, -0.2) is 41.3 Å². The Labute approximate surface area is 144 Å². The summed E-state index contributed by atoms with van der Waals surface area (Å²) in [6.45, 7) is 11.4. The summed E-state index contributed by atoms with van der Waals surface area (Å²) in [6, 6.07) is -0.903. The fourth-order valence-electron chi connectivity index (χ4n) is 1.84. The number of carboxylic acid groups (broad SMARTS) is 1. The molecule has 0 radical (unpaired) electrons. The van der Waals surface area contributed by atoms with E-state index in [0.29, 0.717) is 25.8 Å². The van der Waals surface area contributed by atoms with Crippen LogP contribution >= 0.6 is 0 Å². The second-order valence-electron chi connectivity index (χ2n) is 7.36. The lowest BCUT2D eigenvalue weighted by molar-refractivity contribution is -0.142. The SMILES string of the molecule is CC(C)[C@H](C)C(=O)N[C@@H](CCCCNC(=O)OC(C)(C)C)C(=O)O. The first-order chi connectivity index (χ1) is 10.9. The van der Waals surface area contributed by atoms with Gasteiger partial charge in [0.15, 0.2) is 0 Å². The molecule has 0 rings (SSSR count). The number of hydrogen-bond donors (Lipinski definition) is 3. The second-order valence-corrected chi connectivity index (χ2v) is 7.36. The zero-order valence-corrected chi connectivity index (χ0v) is 15.6. The fraction of sp³-hybridized carbons (Fsp3) is 0.824. The van der Waals surface area contributed by atoms with Crippen molar-refractivity contribution in [2.24, 2.45) is 11.8 Å². The summed E-state index contributed by atoms with van der Waals surface area (Å²) in [7, 11) is 0. The van der Waals surface area contributed by atoms with Crippen LogP contribution in [0.25, 0.3) is 0 Å². The van der Waals surface area contributed by atoms with Crippen LogP contribution in [0.2, 0.25) is 0 Å². The molecule has 0 aromatic heterocycles.